The van der Waals surface area contributed by atoms with Crippen molar-refractivity contribution in [1.29, 1.82) is 0 Å². The molecule has 0 radical (unpaired) electrons. The fourth-order valence-electron chi connectivity index (χ4n) is 5.14. The number of carbonyl (C=O) groups excluding carboxylic acids is 1. The number of benzene rings is 1. The first kappa shape index (κ1) is 20.9. The third-order valence-corrected chi connectivity index (χ3v) is 8.37. The molecule has 1 saturated heterocycles. The van der Waals surface area contributed by atoms with Gasteiger partial charge in [-0.25, -0.2) is 9.97 Å². The quantitative estimate of drug-likeness (QED) is 0.521. The van der Waals surface area contributed by atoms with Crippen molar-refractivity contribution in [3.63, 3.8) is 0 Å². The van der Waals surface area contributed by atoms with Crippen molar-refractivity contribution in [3.05, 3.63) is 46.1 Å². The van der Waals surface area contributed by atoms with Crippen LogP contribution in [0.15, 0.2) is 24.3 Å². The van der Waals surface area contributed by atoms with Gasteiger partial charge in [-0.15, -0.1) is 11.3 Å². The first-order valence-corrected chi connectivity index (χ1v) is 13.0. The van der Waals surface area contributed by atoms with Crippen molar-refractivity contribution in [2.24, 2.45) is 0 Å². The van der Waals surface area contributed by atoms with Crippen LogP contribution >= 0.6 is 11.3 Å². The lowest BCUT2D eigenvalue weighted by atomic mass is 10.1. The molecule has 0 unspecified atom stereocenters. The summed E-state index contributed by atoms with van der Waals surface area (Å²) >= 11 is 1.90. The SMILES string of the molecule is COc1cccc(C(=O)N2CCN(c3nc(C4CC4)nc4sc5c(c34)CCCCC5)CC2)c1. The summed E-state index contributed by atoms with van der Waals surface area (Å²) < 4.78 is 5.30. The number of aromatic nitrogens is 2. The number of ether oxygens (including phenoxy) is 1. The van der Waals surface area contributed by atoms with Gasteiger partial charge in [0.15, 0.2) is 0 Å². The number of thiophene rings is 1. The lowest BCUT2D eigenvalue weighted by Crippen LogP contribution is -2.49. The monoisotopic (exact) mass is 462 g/mol. The van der Waals surface area contributed by atoms with E-state index in [4.69, 9.17) is 14.7 Å². The van der Waals surface area contributed by atoms with Crippen molar-refractivity contribution in [2.75, 3.05) is 38.2 Å². The summed E-state index contributed by atoms with van der Waals surface area (Å²) in [6.07, 6.45) is 8.58. The Bertz CT molecular complexity index is 1190. The van der Waals surface area contributed by atoms with Gasteiger partial charge in [0.2, 0.25) is 0 Å². The maximum absolute atomic E-state index is 13.1. The summed E-state index contributed by atoms with van der Waals surface area (Å²) in [4.78, 5) is 30.3. The summed E-state index contributed by atoms with van der Waals surface area (Å²) in [7, 11) is 1.63. The number of amides is 1. The molecule has 6 rings (SSSR count). The molecule has 3 aliphatic rings. The Hall–Kier alpha value is -2.67. The van der Waals surface area contributed by atoms with Gasteiger partial charge in [-0.2, -0.15) is 0 Å². The molecule has 33 heavy (non-hydrogen) atoms. The topological polar surface area (TPSA) is 58.6 Å². The molecule has 1 aromatic carbocycles. The highest BCUT2D eigenvalue weighted by atomic mass is 32.1. The summed E-state index contributed by atoms with van der Waals surface area (Å²) in [6.45, 7) is 3.01. The van der Waals surface area contributed by atoms with E-state index in [0.29, 0.717) is 30.3 Å². The highest BCUT2D eigenvalue weighted by molar-refractivity contribution is 7.19. The van der Waals surface area contributed by atoms with E-state index >= 15 is 0 Å². The number of rotatable bonds is 4. The number of aryl methyl sites for hydroxylation is 2. The minimum Gasteiger partial charge on any atom is -0.497 e. The van der Waals surface area contributed by atoms with Gasteiger partial charge < -0.3 is 14.5 Å². The highest BCUT2D eigenvalue weighted by Crippen LogP contribution is 2.44. The van der Waals surface area contributed by atoms with Gasteiger partial charge in [-0.3, -0.25) is 4.79 Å². The molecule has 1 amide bonds. The molecule has 2 aliphatic carbocycles. The van der Waals surface area contributed by atoms with Crippen LogP contribution in [0.1, 0.15) is 64.6 Å². The number of carbonyl (C=O) groups is 1. The molecule has 2 fully saturated rings. The number of hydrogen-bond acceptors (Lipinski definition) is 6. The highest BCUT2D eigenvalue weighted by Gasteiger charge is 2.32. The van der Waals surface area contributed by atoms with Gasteiger partial charge in [-0.1, -0.05) is 12.5 Å². The molecular formula is C26H30N4O2S. The first-order valence-electron chi connectivity index (χ1n) is 12.2. The molecule has 3 aromatic rings. The second-order valence-electron chi connectivity index (χ2n) is 9.44. The molecule has 0 atom stereocenters. The fourth-order valence-corrected chi connectivity index (χ4v) is 6.41. The average molecular weight is 463 g/mol. The van der Waals surface area contributed by atoms with Crippen LogP contribution in [-0.4, -0.2) is 54.1 Å². The zero-order valence-corrected chi connectivity index (χ0v) is 20.0. The molecule has 0 bridgehead atoms. The van der Waals surface area contributed by atoms with Crippen LogP contribution in [-0.2, 0) is 12.8 Å². The Morgan fingerprint density at radius 3 is 2.67 bits per heavy atom. The van der Waals surface area contributed by atoms with Crippen molar-refractivity contribution in [1.82, 2.24) is 14.9 Å². The van der Waals surface area contributed by atoms with Crippen LogP contribution in [0.3, 0.4) is 0 Å². The molecular weight excluding hydrogens is 432 g/mol. The van der Waals surface area contributed by atoms with Gasteiger partial charge in [0.1, 0.15) is 22.2 Å². The number of piperazine rings is 1. The lowest BCUT2D eigenvalue weighted by molar-refractivity contribution is 0.0746. The molecule has 0 N–H and O–H groups in total. The molecule has 7 heteroatoms. The maximum Gasteiger partial charge on any atom is 0.254 e. The van der Waals surface area contributed by atoms with Crippen LogP contribution in [0.2, 0.25) is 0 Å². The van der Waals surface area contributed by atoms with Gasteiger partial charge in [0, 0.05) is 42.5 Å². The summed E-state index contributed by atoms with van der Waals surface area (Å²) in [5, 5.41) is 1.30. The number of anilines is 1. The predicted molar refractivity (Wildman–Crippen MR) is 132 cm³/mol. The zero-order valence-electron chi connectivity index (χ0n) is 19.2. The molecule has 2 aromatic heterocycles. The van der Waals surface area contributed by atoms with E-state index in [9.17, 15) is 4.79 Å². The van der Waals surface area contributed by atoms with Crippen molar-refractivity contribution < 1.29 is 9.53 Å². The van der Waals surface area contributed by atoms with Gasteiger partial charge in [-0.05, 0) is 62.3 Å². The van der Waals surface area contributed by atoms with Gasteiger partial charge in [0.05, 0.1) is 12.5 Å². The minimum absolute atomic E-state index is 0.0736. The van der Waals surface area contributed by atoms with E-state index < -0.39 is 0 Å². The Labute approximate surface area is 198 Å². The molecule has 3 heterocycles. The maximum atomic E-state index is 13.1. The third-order valence-electron chi connectivity index (χ3n) is 7.19. The predicted octanol–water partition coefficient (Wildman–Crippen LogP) is 4.81. The summed E-state index contributed by atoms with van der Waals surface area (Å²) in [5.41, 5.74) is 2.19. The second kappa shape index (κ2) is 8.60. The molecule has 0 spiro atoms. The Morgan fingerprint density at radius 2 is 1.88 bits per heavy atom. The van der Waals surface area contributed by atoms with Crippen molar-refractivity contribution >= 4 is 33.3 Å². The third kappa shape index (κ3) is 3.97. The fraction of sp³-hybridized carbons (Fsp3) is 0.500. The van der Waals surface area contributed by atoms with Crippen LogP contribution in [0.5, 0.6) is 5.75 Å². The van der Waals surface area contributed by atoms with Crippen LogP contribution in [0.25, 0.3) is 10.2 Å². The molecule has 1 aliphatic heterocycles. The Balaban J connectivity index is 1.28. The second-order valence-corrected chi connectivity index (χ2v) is 10.5. The number of nitrogens with zero attached hydrogens (tertiary/aromatic N) is 4. The molecule has 172 valence electrons. The van der Waals surface area contributed by atoms with Crippen molar-refractivity contribution in [2.45, 2.75) is 50.9 Å². The van der Waals surface area contributed by atoms with E-state index in [-0.39, 0.29) is 5.91 Å². The zero-order chi connectivity index (χ0) is 22.4. The van der Waals surface area contributed by atoms with E-state index in [0.717, 1.165) is 31.2 Å². The molecule has 1 saturated carbocycles. The number of fused-ring (bicyclic) bond motifs is 3. The Morgan fingerprint density at radius 1 is 1.06 bits per heavy atom. The van der Waals surface area contributed by atoms with Crippen LogP contribution in [0.4, 0.5) is 5.82 Å². The largest absolute Gasteiger partial charge is 0.497 e. The standard InChI is InChI=1S/C26H30N4O2S/c1-32-19-7-5-6-18(16-19)26(31)30-14-12-29(13-15-30)24-22-20-8-3-2-4-9-21(20)33-25(22)28-23(27-24)17-10-11-17/h5-7,16-17H,2-4,8-15H2,1H3. The lowest BCUT2D eigenvalue weighted by Gasteiger charge is -2.36. The van der Waals surface area contributed by atoms with E-state index in [1.165, 1.54) is 59.2 Å². The summed E-state index contributed by atoms with van der Waals surface area (Å²) in [5.74, 6) is 3.47. The average Bonchev–Trinajstić information content (AvgIpc) is 3.68. The molecule has 6 nitrogen and oxygen atoms in total. The van der Waals surface area contributed by atoms with Crippen molar-refractivity contribution in [3.8, 4) is 5.75 Å². The number of methoxy groups -OCH3 is 1. The van der Waals surface area contributed by atoms with Gasteiger partial charge >= 0.3 is 0 Å². The minimum atomic E-state index is 0.0736. The first-order chi connectivity index (χ1) is 16.2. The smallest absolute Gasteiger partial charge is 0.254 e. The Kier molecular flexibility index (Phi) is 5.45. The van der Waals surface area contributed by atoms with Crippen LogP contribution in [0, 0.1) is 0 Å². The summed E-state index contributed by atoms with van der Waals surface area (Å²) in [6, 6.07) is 7.44. The normalized spacial score (nSPS) is 18.8. The van der Waals surface area contributed by atoms with E-state index in [1.807, 2.05) is 40.5 Å². The van der Waals surface area contributed by atoms with E-state index in [1.54, 1.807) is 7.11 Å². The van der Waals surface area contributed by atoms with E-state index in [2.05, 4.69) is 4.90 Å². The van der Waals surface area contributed by atoms with Gasteiger partial charge in [0.25, 0.3) is 5.91 Å². The number of hydrogen-bond donors (Lipinski definition) is 0. The van der Waals surface area contributed by atoms with Crippen LogP contribution < -0.4 is 9.64 Å².